The molecule has 0 fully saturated rings. The minimum absolute atomic E-state index is 0.252. The third-order valence-corrected chi connectivity index (χ3v) is 7.23. The van der Waals surface area contributed by atoms with E-state index in [-0.39, 0.29) is 5.88 Å². The molecule has 2 heterocycles. The molecule has 0 aliphatic carbocycles. The van der Waals surface area contributed by atoms with Gasteiger partial charge in [-0.15, -0.1) is 23.5 Å². The average Bonchev–Trinajstić information content (AvgIpc) is 2.85. The summed E-state index contributed by atoms with van der Waals surface area (Å²) < 4.78 is 5.59. The molecule has 0 saturated heterocycles. The van der Waals surface area contributed by atoms with Crippen LogP contribution >= 0.6 is 46.7 Å². The maximum atomic E-state index is 13.3. The lowest BCUT2D eigenvalue weighted by molar-refractivity contribution is 0.262. The average molecular weight is 546 g/mol. The first-order valence-electron chi connectivity index (χ1n) is 10.5. The van der Waals surface area contributed by atoms with Gasteiger partial charge >= 0.3 is 6.03 Å². The van der Waals surface area contributed by atoms with Crippen LogP contribution in [0.5, 0.6) is 5.88 Å². The molecule has 0 unspecified atom stereocenters. The molecule has 0 aliphatic rings. The molecule has 0 spiro atoms. The quantitative estimate of drug-likeness (QED) is 0.239. The number of hydrogen-bond acceptors (Lipinski definition) is 6. The molecule has 10 heteroatoms. The van der Waals surface area contributed by atoms with E-state index in [0.717, 1.165) is 21.0 Å². The number of halogens is 2. The molecule has 2 aromatic carbocycles. The van der Waals surface area contributed by atoms with Gasteiger partial charge in [0.25, 0.3) is 0 Å². The highest BCUT2D eigenvalue weighted by molar-refractivity contribution is 7.99. The van der Waals surface area contributed by atoms with Crippen molar-refractivity contribution >= 4 is 75.0 Å². The lowest BCUT2D eigenvalue weighted by Crippen LogP contribution is -2.22. The van der Waals surface area contributed by atoms with Crippen molar-refractivity contribution in [2.75, 3.05) is 30.3 Å². The predicted molar refractivity (Wildman–Crippen MR) is 149 cm³/mol. The number of amides is 2. The number of rotatable bonds is 6. The normalized spacial score (nSPS) is 10.9. The van der Waals surface area contributed by atoms with Crippen molar-refractivity contribution in [1.29, 1.82) is 0 Å². The van der Waals surface area contributed by atoms with E-state index in [2.05, 4.69) is 20.6 Å². The van der Waals surface area contributed by atoms with Crippen LogP contribution in [0.15, 0.2) is 58.5 Å². The maximum absolute atomic E-state index is 13.3. The predicted octanol–water partition coefficient (Wildman–Crippen LogP) is 8.01. The third-order valence-electron chi connectivity index (χ3n) is 5.22. The second-order valence-electron chi connectivity index (χ2n) is 7.44. The fourth-order valence-corrected chi connectivity index (χ4v) is 5.43. The summed E-state index contributed by atoms with van der Waals surface area (Å²) in [5, 5.41) is 8.42. The smallest absolute Gasteiger partial charge is 0.323 e. The number of aryl methyl sites for hydroxylation is 1. The number of ether oxygens (including phenoxy) is 1. The van der Waals surface area contributed by atoms with Gasteiger partial charge in [0.15, 0.2) is 0 Å². The number of urea groups is 1. The van der Waals surface area contributed by atoms with Gasteiger partial charge in [0.2, 0.25) is 5.88 Å². The zero-order chi connectivity index (χ0) is 25.1. The number of anilines is 2. The van der Waals surface area contributed by atoms with Crippen molar-refractivity contribution in [2.24, 2.45) is 0 Å². The Kier molecular flexibility index (Phi) is 7.96. The van der Waals surface area contributed by atoms with Crippen molar-refractivity contribution in [1.82, 2.24) is 9.97 Å². The maximum Gasteiger partial charge on any atom is 0.323 e. The van der Waals surface area contributed by atoms with Gasteiger partial charge in [-0.3, -0.25) is 0 Å². The number of carbonyl (C=O) groups excluding carboxylic acids is 1. The molecule has 0 atom stereocenters. The molecule has 4 rings (SSSR count). The number of hydrogen-bond donors (Lipinski definition) is 2. The second-order valence-corrected chi connectivity index (χ2v) is 9.93. The highest BCUT2D eigenvalue weighted by Crippen LogP contribution is 2.43. The summed E-state index contributed by atoms with van der Waals surface area (Å²) in [4.78, 5) is 23.4. The van der Waals surface area contributed by atoms with Crippen LogP contribution in [0.25, 0.3) is 22.0 Å². The van der Waals surface area contributed by atoms with Crippen LogP contribution in [-0.2, 0) is 0 Å². The zero-order valence-electron chi connectivity index (χ0n) is 19.4. The molecular weight excluding hydrogens is 523 g/mol. The summed E-state index contributed by atoms with van der Waals surface area (Å²) in [5.74, 6) is 0.252. The summed E-state index contributed by atoms with van der Waals surface area (Å²) in [5.41, 5.74) is 3.93. The molecule has 0 bridgehead atoms. The molecule has 6 nitrogen and oxygen atoms in total. The van der Waals surface area contributed by atoms with E-state index >= 15 is 0 Å². The first-order chi connectivity index (χ1) is 16.9. The number of benzene rings is 2. The summed E-state index contributed by atoms with van der Waals surface area (Å²) in [7, 11) is 1.51. The van der Waals surface area contributed by atoms with E-state index in [1.165, 1.54) is 30.6 Å². The fraction of sp³-hybridized carbons (Fsp3) is 0.160. The molecular formula is C25H22Cl2N4O2S2. The molecule has 35 heavy (non-hydrogen) atoms. The first-order valence-corrected chi connectivity index (χ1v) is 13.7. The largest absolute Gasteiger partial charge is 0.479 e. The van der Waals surface area contributed by atoms with Gasteiger partial charge in [-0.25, -0.2) is 14.8 Å². The number of thioether (sulfide) groups is 2. The number of nitrogens with one attached hydrogen (secondary N) is 2. The van der Waals surface area contributed by atoms with Crippen LogP contribution in [0.4, 0.5) is 16.2 Å². The summed E-state index contributed by atoms with van der Waals surface area (Å²) in [6.45, 7) is 1.93. The van der Waals surface area contributed by atoms with Crippen LogP contribution in [-0.4, -0.2) is 35.6 Å². The first kappa shape index (κ1) is 25.4. The number of pyridine rings is 2. The second kappa shape index (κ2) is 11.0. The zero-order valence-corrected chi connectivity index (χ0v) is 22.5. The van der Waals surface area contributed by atoms with Crippen molar-refractivity contribution in [3.63, 3.8) is 0 Å². The van der Waals surface area contributed by atoms with Gasteiger partial charge in [0.05, 0.1) is 18.3 Å². The lowest BCUT2D eigenvalue weighted by atomic mass is 9.99. The Hall–Kier alpha value is -2.65. The highest BCUT2D eigenvalue weighted by Gasteiger charge is 2.22. The molecule has 2 aromatic heterocycles. The number of methoxy groups -OCH3 is 1. The Morgan fingerprint density at radius 1 is 0.971 bits per heavy atom. The van der Waals surface area contributed by atoms with Gasteiger partial charge in [0.1, 0.15) is 10.7 Å². The Morgan fingerprint density at radius 2 is 1.71 bits per heavy atom. The van der Waals surface area contributed by atoms with Gasteiger partial charge in [-0.05, 0) is 49.8 Å². The number of fused-ring (bicyclic) bond motifs is 1. The summed E-state index contributed by atoms with van der Waals surface area (Å²) >= 11 is 15.9. The van der Waals surface area contributed by atoms with Crippen LogP contribution in [0, 0.1) is 6.92 Å². The number of nitrogens with zero attached hydrogens (tertiary/aromatic N) is 2. The topological polar surface area (TPSA) is 76.1 Å². The molecule has 0 saturated carbocycles. The van der Waals surface area contributed by atoms with Gasteiger partial charge < -0.3 is 15.4 Å². The van der Waals surface area contributed by atoms with Crippen LogP contribution in [0.3, 0.4) is 0 Å². The fourth-order valence-electron chi connectivity index (χ4n) is 3.72. The molecule has 2 N–H and O–H groups in total. The van der Waals surface area contributed by atoms with E-state index in [4.69, 9.17) is 27.9 Å². The summed E-state index contributed by atoms with van der Waals surface area (Å²) in [6, 6.07) is 14.2. The van der Waals surface area contributed by atoms with Crippen LogP contribution in [0.1, 0.15) is 5.69 Å². The van der Waals surface area contributed by atoms with Crippen LogP contribution in [0.2, 0.25) is 10.0 Å². The molecule has 0 radical (unpaired) electrons. The van der Waals surface area contributed by atoms with E-state index < -0.39 is 6.03 Å². The Balaban J connectivity index is 1.86. The Morgan fingerprint density at radius 3 is 2.40 bits per heavy atom. The summed E-state index contributed by atoms with van der Waals surface area (Å²) in [6.07, 6.45) is 3.88. The molecule has 4 aromatic rings. The van der Waals surface area contributed by atoms with Crippen molar-refractivity contribution < 1.29 is 9.53 Å². The van der Waals surface area contributed by atoms with Gasteiger partial charge in [0, 0.05) is 37.1 Å². The Labute approximate surface area is 222 Å². The van der Waals surface area contributed by atoms with E-state index in [0.29, 0.717) is 38.1 Å². The minimum atomic E-state index is -0.462. The highest BCUT2D eigenvalue weighted by atomic mass is 35.5. The number of aromatic nitrogens is 2. The van der Waals surface area contributed by atoms with Gasteiger partial charge in [-0.2, -0.15) is 0 Å². The Bertz CT molecular complexity index is 1410. The van der Waals surface area contributed by atoms with Crippen molar-refractivity contribution in [3.8, 4) is 17.0 Å². The van der Waals surface area contributed by atoms with E-state index in [1.54, 1.807) is 24.3 Å². The molecule has 180 valence electrons. The van der Waals surface area contributed by atoms with E-state index in [1.807, 2.05) is 43.7 Å². The SMILES string of the molecule is COc1nc2ccc(Cl)cc2c(-c2ccccc2Cl)c1NC(=O)Nc1c(SC)cc(C)nc1SC. The molecule has 2 amide bonds. The van der Waals surface area contributed by atoms with E-state index in [9.17, 15) is 4.79 Å². The van der Waals surface area contributed by atoms with Crippen LogP contribution < -0.4 is 15.4 Å². The van der Waals surface area contributed by atoms with Crippen molar-refractivity contribution in [3.05, 3.63) is 64.3 Å². The third kappa shape index (κ3) is 5.30. The number of carbonyl (C=O) groups is 1. The standard InChI is InChI=1S/C25H22Cl2N4O2S2/c1-13-11-19(34-3)21(24(28-13)35-4)30-25(32)31-22-20(15-7-5-6-8-17(15)27)16-12-14(26)9-10-18(16)29-23(22)33-2/h5-12H,1-4H3,(H2,30,31,32). The van der Waals surface area contributed by atoms with Crippen molar-refractivity contribution in [2.45, 2.75) is 16.8 Å². The molecule has 0 aliphatic heterocycles. The monoisotopic (exact) mass is 544 g/mol. The minimum Gasteiger partial charge on any atom is -0.479 e. The lowest BCUT2D eigenvalue weighted by Gasteiger charge is -2.19. The van der Waals surface area contributed by atoms with Gasteiger partial charge in [-0.1, -0.05) is 41.4 Å².